The smallest absolute Gasteiger partial charge is 0.307 e. The summed E-state index contributed by atoms with van der Waals surface area (Å²) in [7, 11) is 0. The van der Waals surface area contributed by atoms with E-state index >= 15 is 0 Å². The second-order valence-corrected chi connectivity index (χ2v) is 5.81. The second kappa shape index (κ2) is 7.23. The summed E-state index contributed by atoms with van der Waals surface area (Å²) in [4.78, 5) is 12.0. The molecule has 0 aliphatic heterocycles. The van der Waals surface area contributed by atoms with Gasteiger partial charge in [0.15, 0.2) is 5.76 Å². The van der Waals surface area contributed by atoms with Crippen LogP contribution in [0.25, 0.3) is 11.3 Å². The largest absolute Gasteiger partial charge is 0.451 e. The summed E-state index contributed by atoms with van der Waals surface area (Å²) in [5, 5.41) is 3.88. The van der Waals surface area contributed by atoms with Crippen LogP contribution in [0, 0.1) is 5.82 Å². The third-order valence-electron chi connectivity index (χ3n) is 3.20. The fraction of sp³-hybridized carbons (Fsp3) is 0. The number of benzene rings is 2. The minimum Gasteiger partial charge on any atom is -0.451 e. The number of amides is 1. The Bertz CT molecular complexity index is 905. The third-order valence-corrected chi connectivity index (χ3v) is 3.69. The normalized spacial score (nSPS) is 10.9. The molecule has 0 fully saturated rings. The molecular formula is C18H12BrFN2O2. The number of furan rings is 1. The number of carbonyl (C=O) groups excluding carboxylic acids is 1. The van der Waals surface area contributed by atoms with Crippen LogP contribution in [0.3, 0.4) is 0 Å². The predicted octanol–water partition coefficient (Wildman–Crippen LogP) is 4.61. The number of halogens is 2. The molecule has 0 aliphatic rings. The summed E-state index contributed by atoms with van der Waals surface area (Å²) in [6.07, 6.45) is 1.52. The summed E-state index contributed by atoms with van der Waals surface area (Å²) in [5.41, 5.74) is 3.50. The molecule has 3 aromatic rings. The van der Waals surface area contributed by atoms with Gasteiger partial charge in [0.05, 0.1) is 11.8 Å². The molecule has 1 aromatic heterocycles. The Kier molecular flexibility index (Phi) is 4.86. The van der Waals surface area contributed by atoms with E-state index in [0.717, 1.165) is 10.0 Å². The van der Waals surface area contributed by atoms with Gasteiger partial charge >= 0.3 is 5.91 Å². The number of nitrogens with zero attached hydrogens (tertiary/aromatic N) is 1. The van der Waals surface area contributed by atoms with Crippen LogP contribution >= 0.6 is 15.9 Å². The lowest BCUT2D eigenvalue weighted by molar-refractivity contribution is 0.0928. The van der Waals surface area contributed by atoms with E-state index in [-0.39, 0.29) is 11.5 Å². The van der Waals surface area contributed by atoms with Crippen molar-refractivity contribution < 1.29 is 13.6 Å². The van der Waals surface area contributed by atoms with E-state index in [1.54, 1.807) is 24.3 Å². The highest BCUT2D eigenvalue weighted by Crippen LogP contribution is 2.24. The molecular weight excluding hydrogens is 375 g/mol. The van der Waals surface area contributed by atoms with Gasteiger partial charge in [-0.25, -0.2) is 9.82 Å². The van der Waals surface area contributed by atoms with Gasteiger partial charge in [0.25, 0.3) is 0 Å². The van der Waals surface area contributed by atoms with Crippen molar-refractivity contribution in [1.82, 2.24) is 5.43 Å². The van der Waals surface area contributed by atoms with Crippen LogP contribution in [0.4, 0.5) is 4.39 Å². The maximum atomic E-state index is 13.7. The molecule has 3 rings (SSSR count). The molecule has 0 radical (unpaired) electrons. The Morgan fingerprint density at radius 1 is 1.12 bits per heavy atom. The zero-order valence-corrected chi connectivity index (χ0v) is 14.0. The molecule has 0 bridgehead atoms. The lowest BCUT2D eigenvalue weighted by atomic mass is 10.1. The first-order valence-corrected chi connectivity index (χ1v) is 7.86. The van der Waals surface area contributed by atoms with Crippen LogP contribution in [0.2, 0.25) is 0 Å². The van der Waals surface area contributed by atoms with Gasteiger partial charge in [-0.3, -0.25) is 4.79 Å². The van der Waals surface area contributed by atoms with Gasteiger partial charge in [0.2, 0.25) is 0 Å². The summed E-state index contributed by atoms with van der Waals surface area (Å²) >= 11 is 3.36. The first-order chi connectivity index (χ1) is 11.6. The van der Waals surface area contributed by atoms with Crippen LogP contribution in [-0.2, 0) is 0 Å². The molecule has 1 heterocycles. The van der Waals surface area contributed by atoms with E-state index in [0.29, 0.717) is 5.56 Å². The van der Waals surface area contributed by atoms with Gasteiger partial charge in [-0.05, 0) is 42.0 Å². The lowest BCUT2D eigenvalue weighted by Crippen LogP contribution is -2.16. The number of hydrazone groups is 1. The molecule has 2 aromatic carbocycles. The topological polar surface area (TPSA) is 54.6 Å². The first kappa shape index (κ1) is 16.1. The van der Waals surface area contributed by atoms with Gasteiger partial charge in [-0.1, -0.05) is 40.2 Å². The number of hydrogen-bond acceptors (Lipinski definition) is 3. The zero-order chi connectivity index (χ0) is 16.9. The molecule has 24 heavy (non-hydrogen) atoms. The van der Waals surface area contributed by atoms with Crippen LogP contribution in [0.1, 0.15) is 16.1 Å². The van der Waals surface area contributed by atoms with Crippen molar-refractivity contribution in [3.8, 4) is 11.3 Å². The molecule has 0 unspecified atom stereocenters. The number of hydrogen-bond donors (Lipinski definition) is 1. The van der Waals surface area contributed by atoms with Gasteiger partial charge < -0.3 is 4.42 Å². The van der Waals surface area contributed by atoms with E-state index < -0.39 is 11.7 Å². The Balaban J connectivity index is 1.69. The van der Waals surface area contributed by atoms with Gasteiger partial charge in [-0.2, -0.15) is 5.10 Å². The van der Waals surface area contributed by atoms with Crippen molar-refractivity contribution in [3.05, 3.63) is 82.3 Å². The Morgan fingerprint density at radius 3 is 2.75 bits per heavy atom. The van der Waals surface area contributed by atoms with Crippen LogP contribution in [-0.4, -0.2) is 12.1 Å². The second-order valence-electron chi connectivity index (χ2n) is 4.90. The lowest BCUT2D eigenvalue weighted by Gasteiger charge is -1.99. The maximum Gasteiger partial charge on any atom is 0.307 e. The standard InChI is InChI=1S/C18H12BrFN2O2/c19-13-5-3-4-12(10-13)11-21-22-18(23)17-9-8-16(24-17)14-6-1-2-7-15(14)20/h1-11H,(H,22,23)/b21-11+. The van der Waals surface area contributed by atoms with E-state index in [2.05, 4.69) is 26.5 Å². The molecule has 6 heteroatoms. The fourth-order valence-corrected chi connectivity index (χ4v) is 2.49. The van der Waals surface area contributed by atoms with Crippen molar-refractivity contribution in [2.24, 2.45) is 5.10 Å². The summed E-state index contributed by atoms with van der Waals surface area (Å²) in [6.45, 7) is 0. The average molecular weight is 387 g/mol. The Hall–Kier alpha value is -2.73. The maximum absolute atomic E-state index is 13.7. The predicted molar refractivity (Wildman–Crippen MR) is 93.3 cm³/mol. The highest BCUT2D eigenvalue weighted by Gasteiger charge is 2.13. The summed E-state index contributed by atoms with van der Waals surface area (Å²) in [5.74, 6) is -0.579. The number of nitrogens with one attached hydrogen (secondary N) is 1. The summed E-state index contributed by atoms with van der Waals surface area (Å²) < 4.78 is 20.0. The zero-order valence-electron chi connectivity index (χ0n) is 12.4. The fourth-order valence-electron chi connectivity index (χ4n) is 2.07. The monoisotopic (exact) mass is 386 g/mol. The molecule has 1 amide bonds. The van der Waals surface area contributed by atoms with Crippen LogP contribution in [0.15, 0.2) is 74.7 Å². The number of rotatable bonds is 4. The number of carbonyl (C=O) groups is 1. The summed E-state index contributed by atoms with van der Waals surface area (Å²) in [6, 6.07) is 16.7. The van der Waals surface area contributed by atoms with Gasteiger partial charge in [-0.15, -0.1) is 0 Å². The van der Waals surface area contributed by atoms with E-state index in [9.17, 15) is 9.18 Å². The minimum absolute atomic E-state index is 0.0552. The van der Waals surface area contributed by atoms with Crippen LogP contribution in [0.5, 0.6) is 0 Å². The van der Waals surface area contributed by atoms with Gasteiger partial charge in [0.1, 0.15) is 11.6 Å². The van der Waals surface area contributed by atoms with Crippen molar-refractivity contribution in [2.45, 2.75) is 0 Å². The Labute approximate surface area is 146 Å². The molecule has 0 spiro atoms. The third kappa shape index (κ3) is 3.78. The highest BCUT2D eigenvalue weighted by atomic mass is 79.9. The quantitative estimate of drug-likeness (QED) is 0.525. The van der Waals surface area contributed by atoms with E-state index in [4.69, 9.17) is 4.42 Å². The molecule has 120 valence electrons. The Morgan fingerprint density at radius 2 is 1.96 bits per heavy atom. The first-order valence-electron chi connectivity index (χ1n) is 7.07. The van der Waals surface area contributed by atoms with Crippen molar-refractivity contribution >= 4 is 28.1 Å². The van der Waals surface area contributed by atoms with Crippen molar-refractivity contribution in [2.75, 3.05) is 0 Å². The molecule has 4 nitrogen and oxygen atoms in total. The minimum atomic E-state index is -0.510. The van der Waals surface area contributed by atoms with E-state index in [1.807, 2.05) is 24.3 Å². The van der Waals surface area contributed by atoms with Crippen molar-refractivity contribution in [1.29, 1.82) is 0 Å². The molecule has 0 saturated carbocycles. The average Bonchev–Trinajstić information content (AvgIpc) is 3.05. The van der Waals surface area contributed by atoms with Crippen molar-refractivity contribution in [3.63, 3.8) is 0 Å². The molecule has 0 aliphatic carbocycles. The van der Waals surface area contributed by atoms with E-state index in [1.165, 1.54) is 18.3 Å². The SMILES string of the molecule is O=C(N/N=C/c1cccc(Br)c1)c1ccc(-c2ccccc2F)o1. The highest BCUT2D eigenvalue weighted by molar-refractivity contribution is 9.10. The molecule has 1 N–H and O–H groups in total. The molecule has 0 saturated heterocycles. The van der Waals surface area contributed by atoms with Crippen LogP contribution < -0.4 is 5.43 Å². The molecule has 0 atom stereocenters. The van der Waals surface area contributed by atoms with Gasteiger partial charge in [0, 0.05) is 4.47 Å².